The van der Waals surface area contributed by atoms with Crippen molar-refractivity contribution < 1.29 is 19.2 Å². The van der Waals surface area contributed by atoms with Gasteiger partial charge in [0, 0.05) is 29.7 Å². The van der Waals surface area contributed by atoms with Crippen LogP contribution in [0.5, 0.6) is 0 Å². The molecule has 9 nitrogen and oxygen atoms in total. The van der Waals surface area contributed by atoms with Gasteiger partial charge in [0.2, 0.25) is 0 Å². The molecule has 25 heavy (non-hydrogen) atoms. The number of esters is 1. The highest BCUT2D eigenvalue weighted by molar-refractivity contribution is 7.13. The Morgan fingerprint density at radius 2 is 2.24 bits per heavy atom. The Morgan fingerprint density at radius 1 is 1.44 bits per heavy atom. The van der Waals surface area contributed by atoms with Crippen LogP contribution in [0.1, 0.15) is 10.5 Å². The van der Waals surface area contributed by atoms with Crippen LogP contribution in [0.3, 0.4) is 0 Å². The van der Waals surface area contributed by atoms with Crippen molar-refractivity contribution in [3.8, 4) is 0 Å². The molecule has 10 heteroatoms. The zero-order chi connectivity index (χ0) is 18.2. The fourth-order valence-electron chi connectivity index (χ4n) is 1.71. The molecule has 0 saturated carbocycles. The van der Waals surface area contributed by atoms with Crippen molar-refractivity contribution in [1.82, 2.24) is 4.98 Å². The summed E-state index contributed by atoms with van der Waals surface area (Å²) in [6.07, 6.45) is 1.65. The number of benzene rings is 1. The van der Waals surface area contributed by atoms with E-state index in [0.717, 1.165) is 0 Å². The standard InChI is InChI=1S/C15H14N4O5S/c1-2-6-16-15-18-12(9-25-15)14(21)24-8-13(20)17-10-4-3-5-11(7-10)19(22)23/h2-5,7,9H,1,6,8H2,(H,16,18)(H,17,20). The van der Waals surface area contributed by atoms with Crippen molar-refractivity contribution in [1.29, 1.82) is 0 Å². The van der Waals surface area contributed by atoms with E-state index in [9.17, 15) is 19.7 Å². The van der Waals surface area contributed by atoms with Gasteiger partial charge < -0.3 is 15.4 Å². The van der Waals surface area contributed by atoms with Crippen LogP contribution in [0.25, 0.3) is 0 Å². The first-order chi connectivity index (χ1) is 12.0. The molecule has 2 aromatic rings. The highest BCUT2D eigenvalue weighted by Gasteiger charge is 2.14. The van der Waals surface area contributed by atoms with Gasteiger partial charge in [-0.05, 0) is 6.07 Å². The molecular formula is C15H14N4O5S. The molecule has 0 aliphatic heterocycles. The Labute approximate surface area is 146 Å². The van der Waals surface area contributed by atoms with Gasteiger partial charge in [-0.3, -0.25) is 14.9 Å². The number of rotatable bonds is 8. The van der Waals surface area contributed by atoms with Crippen LogP contribution in [-0.4, -0.2) is 34.9 Å². The molecule has 1 aromatic heterocycles. The highest BCUT2D eigenvalue weighted by atomic mass is 32.1. The van der Waals surface area contributed by atoms with Crippen LogP contribution >= 0.6 is 11.3 Å². The quantitative estimate of drug-likeness (QED) is 0.320. The molecule has 1 aromatic carbocycles. The number of nitrogens with one attached hydrogen (secondary N) is 2. The molecule has 0 atom stereocenters. The summed E-state index contributed by atoms with van der Waals surface area (Å²) in [5.74, 6) is -1.36. The molecular weight excluding hydrogens is 348 g/mol. The van der Waals surface area contributed by atoms with E-state index in [-0.39, 0.29) is 17.1 Å². The number of hydrogen-bond donors (Lipinski definition) is 2. The Balaban J connectivity index is 1.86. The summed E-state index contributed by atoms with van der Waals surface area (Å²) in [6, 6.07) is 5.44. The number of nitrogens with zero attached hydrogens (tertiary/aromatic N) is 2. The summed E-state index contributed by atoms with van der Waals surface area (Å²) in [4.78, 5) is 37.7. The van der Waals surface area contributed by atoms with Crippen LogP contribution in [0.2, 0.25) is 0 Å². The van der Waals surface area contributed by atoms with Crippen molar-refractivity contribution in [3.05, 3.63) is 58.1 Å². The molecule has 0 fully saturated rings. The average molecular weight is 362 g/mol. The molecule has 130 valence electrons. The van der Waals surface area contributed by atoms with Crippen molar-refractivity contribution >= 4 is 39.7 Å². The van der Waals surface area contributed by atoms with Crippen LogP contribution < -0.4 is 10.6 Å². The number of thiazole rings is 1. The van der Waals surface area contributed by atoms with Crippen molar-refractivity contribution in [2.24, 2.45) is 0 Å². The third-order valence-electron chi connectivity index (χ3n) is 2.79. The zero-order valence-electron chi connectivity index (χ0n) is 12.9. The van der Waals surface area contributed by atoms with Gasteiger partial charge in [0.15, 0.2) is 17.4 Å². The number of anilines is 2. The minimum atomic E-state index is -0.739. The van der Waals surface area contributed by atoms with E-state index >= 15 is 0 Å². The van der Waals surface area contributed by atoms with E-state index < -0.39 is 23.4 Å². The van der Waals surface area contributed by atoms with Crippen molar-refractivity contribution in [2.75, 3.05) is 23.8 Å². The van der Waals surface area contributed by atoms with Gasteiger partial charge in [-0.1, -0.05) is 12.1 Å². The van der Waals surface area contributed by atoms with Gasteiger partial charge in [0.1, 0.15) is 0 Å². The largest absolute Gasteiger partial charge is 0.451 e. The summed E-state index contributed by atoms with van der Waals surface area (Å²) < 4.78 is 4.87. The summed E-state index contributed by atoms with van der Waals surface area (Å²) in [7, 11) is 0. The maximum absolute atomic E-state index is 11.8. The first-order valence-electron chi connectivity index (χ1n) is 7.01. The third kappa shape index (κ3) is 5.39. The molecule has 0 radical (unpaired) electrons. The normalized spacial score (nSPS) is 9.92. The van der Waals surface area contributed by atoms with E-state index in [1.165, 1.54) is 41.0 Å². The fraction of sp³-hybridized carbons (Fsp3) is 0.133. The SMILES string of the molecule is C=CCNc1nc(C(=O)OCC(=O)Nc2cccc([N+](=O)[O-])c2)cs1. The van der Waals surface area contributed by atoms with E-state index in [4.69, 9.17) is 4.74 Å². The summed E-state index contributed by atoms with van der Waals surface area (Å²) >= 11 is 1.22. The predicted molar refractivity (Wildman–Crippen MR) is 92.8 cm³/mol. The number of non-ortho nitro benzene ring substituents is 1. The number of amides is 1. The first kappa shape index (κ1) is 18.1. The maximum Gasteiger partial charge on any atom is 0.358 e. The topological polar surface area (TPSA) is 123 Å². The number of carbonyl (C=O) groups excluding carboxylic acids is 2. The second-order valence-corrected chi connectivity index (χ2v) is 5.50. The Hall–Kier alpha value is -3.27. The second-order valence-electron chi connectivity index (χ2n) is 4.64. The van der Waals surface area contributed by atoms with Crippen LogP contribution in [0, 0.1) is 10.1 Å². The minimum absolute atomic E-state index is 0.0831. The van der Waals surface area contributed by atoms with Crippen molar-refractivity contribution in [2.45, 2.75) is 0 Å². The molecule has 1 amide bonds. The predicted octanol–water partition coefficient (Wildman–Crippen LogP) is 2.44. The molecule has 0 aliphatic carbocycles. The second kappa shape index (κ2) is 8.55. The Bertz CT molecular complexity index is 805. The number of nitro groups is 1. The molecule has 0 spiro atoms. The highest BCUT2D eigenvalue weighted by Crippen LogP contribution is 2.17. The van der Waals surface area contributed by atoms with Crippen LogP contribution in [-0.2, 0) is 9.53 Å². The van der Waals surface area contributed by atoms with Gasteiger partial charge in [-0.2, -0.15) is 0 Å². The van der Waals surface area contributed by atoms with Crippen molar-refractivity contribution in [3.63, 3.8) is 0 Å². The maximum atomic E-state index is 11.8. The first-order valence-corrected chi connectivity index (χ1v) is 7.89. The van der Waals surface area contributed by atoms with E-state index in [2.05, 4.69) is 22.2 Å². The third-order valence-corrected chi connectivity index (χ3v) is 3.59. The van der Waals surface area contributed by atoms with Gasteiger partial charge in [0.05, 0.1) is 4.92 Å². The molecule has 1 heterocycles. The summed E-state index contributed by atoms with van der Waals surface area (Å²) in [6.45, 7) is 3.53. The monoisotopic (exact) mass is 362 g/mol. The zero-order valence-corrected chi connectivity index (χ0v) is 13.7. The van der Waals surface area contributed by atoms with Crippen LogP contribution in [0.15, 0.2) is 42.3 Å². The number of carbonyl (C=O) groups is 2. The van der Waals surface area contributed by atoms with Gasteiger partial charge in [-0.15, -0.1) is 17.9 Å². The summed E-state index contributed by atoms with van der Waals surface area (Å²) in [5.41, 5.74) is 0.163. The number of hydrogen-bond acceptors (Lipinski definition) is 8. The molecule has 2 N–H and O–H groups in total. The van der Waals surface area contributed by atoms with Gasteiger partial charge in [-0.25, -0.2) is 9.78 Å². The lowest BCUT2D eigenvalue weighted by Gasteiger charge is -2.05. The Kier molecular flexibility index (Phi) is 6.18. The fourth-order valence-corrected chi connectivity index (χ4v) is 2.40. The minimum Gasteiger partial charge on any atom is -0.451 e. The van der Waals surface area contributed by atoms with E-state index in [1.54, 1.807) is 6.08 Å². The smallest absolute Gasteiger partial charge is 0.358 e. The van der Waals surface area contributed by atoms with Gasteiger partial charge >= 0.3 is 5.97 Å². The van der Waals surface area contributed by atoms with Gasteiger partial charge in [0.25, 0.3) is 11.6 Å². The number of ether oxygens (including phenoxy) is 1. The lowest BCUT2D eigenvalue weighted by atomic mass is 10.3. The lowest BCUT2D eigenvalue weighted by molar-refractivity contribution is -0.384. The lowest BCUT2D eigenvalue weighted by Crippen LogP contribution is -2.21. The Morgan fingerprint density at radius 3 is 2.96 bits per heavy atom. The molecule has 0 saturated heterocycles. The molecule has 0 aliphatic rings. The number of aromatic nitrogens is 1. The van der Waals surface area contributed by atoms with E-state index in [1.807, 2.05) is 0 Å². The summed E-state index contributed by atoms with van der Waals surface area (Å²) in [5, 5.41) is 18.1. The molecule has 0 bridgehead atoms. The molecule has 0 unspecified atom stereocenters. The average Bonchev–Trinajstić information content (AvgIpc) is 3.07. The van der Waals surface area contributed by atoms with E-state index in [0.29, 0.717) is 11.7 Å². The number of nitro benzene ring substituents is 1. The molecule has 2 rings (SSSR count). The van der Waals surface area contributed by atoms with Crippen LogP contribution in [0.4, 0.5) is 16.5 Å².